The van der Waals surface area contributed by atoms with Crippen molar-refractivity contribution in [1.82, 2.24) is 15.5 Å². The Hall–Kier alpha value is -1.44. The summed E-state index contributed by atoms with van der Waals surface area (Å²) in [4.78, 5) is 36.8. The highest BCUT2D eigenvalue weighted by atomic mass is 32.2. The quantitative estimate of drug-likeness (QED) is 0.684. The van der Waals surface area contributed by atoms with Crippen LogP contribution in [0.5, 0.6) is 0 Å². The van der Waals surface area contributed by atoms with Gasteiger partial charge in [-0.15, -0.1) is 11.8 Å². The van der Waals surface area contributed by atoms with E-state index in [9.17, 15) is 19.5 Å². The maximum absolute atomic E-state index is 12.4. The number of carbonyl (C=O) groups is 3. The van der Waals surface area contributed by atoms with E-state index in [2.05, 4.69) is 10.6 Å². The molecule has 2 fully saturated rings. The Labute approximate surface area is 127 Å². The number of hydrogen-bond donors (Lipinski definition) is 3. The van der Waals surface area contributed by atoms with Gasteiger partial charge in [0.05, 0.1) is 5.37 Å². The first-order valence-corrected chi connectivity index (χ1v) is 8.21. The largest absolute Gasteiger partial charge is 0.480 e. The van der Waals surface area contributed by atoms with E-state index in [4.69, 9.17) is 0 Å². The summed E-state index contributed by atoms with van der Waals surface area (Å²) in [6, 6.07) is -1.97. The van der Waals surface area contributed by atoms with E-state index < -0.39 is 24.1 Å². The van der Waals surface area contributed by atoms with Crippen LogP contribution < -0.4 is 10.6 Å². The predicted octanol–water partition coefficient (Wildman–Crippen LogP) is 0.459. The van der Waals surface area contributed by atoms with Crippen LogP contribution in [-0.2, 0) is 9.59 Å². The number of hydrogen-bond acceptors (Lipinski definition) is 4. The van der Waals surface area contributed by atoms with E-state index >= 15 is 0 Å². The van der Waals surface area contributed by atoms with Gasteiger partial charge in [-0.3, -0.25) is 9.69 Å². The second-order valence-electron chi connectivity index (χ2n) is 5.39. The third-order valence-electron chi connectivity index (χ3n) is 3.66. The lowest BCUT2D eigenvalue weighted by Gasteiger charge is -2.28. The number of carbonyl (C=O) groups excluding carboxylic acids is 2. The summed E-state index contributed by atoms with van der Waals surface area (Å²) < 4.78 is 0. The normalized spacial score (nSPS) is 26.3. The molecule has 1 heterocycles. The summed E-state index contributed by atoms with van der Waals surface area (Å²) in [5, 5.41) is 14.4. The lowest BCUT2D eigenvalue weighted by Crippen LogP contribution is -2.55. The van der Waals surface area contributed by atoms with Gasteiger partial charge < -0.3 is 15.7 Å². The number of nitrogens with one attached hydrogen (secondary N) is 2. The number of amides is 3. The molecule has 3 unspecified atom stereocenters. The zero-order valence-corrected chi connectivity index (χ0v) is 13.0. The summed E-state index contributed by atoms with van der Waals surface area (Å²) in [6.45, 7) is 3.88. The number of rotatable bonds is 5. The van der Waals surface area contributed by atoms with Gasteiger partial charge >= 0.3 is 12.0 Å². The van der Waals surface area contributed by atoms with Crippen LogP contribution in [0.2, 0.25) is 0 Å². The fourth-order valence-electron chi connectivity index (χ4n) is 2.37. The van der Waals surface area contributed by atoms with E-state index in [1.165, 1.54) is 16.7 Å². The first-order valence-electron chi connectivity index (χ1n) is 7.16. The third kappa shape index (κ3) is 3.61. The summed E-state index contributed by atoms with van der Waals surface area (Å²) in [7, 11) is 0. The molecular formula is C13H21N3O4S. The molecular weight excluding hydrogens is 294 g/mol. The Morgan fingerprint density at radius 2 is 2.05 bits per heavy atom. The lowest BCUT2D eigenvalue weighted by molar-refractivity contribution is -0.141. The first kappa shape index (κ1) is 15.9. The standard InChI is InChI=1S/C13H21N3O4S/c1-3-14-10(17)7(2)15-13(20)16-9(12(18)19)6-21-11(16)8-4-5-8/h7-9,11H,3-6H2,1-2H3,(H,14,17)(H,15,20)(H,18,19). The molecule has 1 saturated carbocycles. The number of aliphatic carboxylic acids is 1. The van der Waals surface area contributed by atoms with Crippen molar-refractivity contribution in [3.05, 3.63) is 0 Å². The van der Waals surface area contributed by atoms with Gasteiger partial charge in [-0.25, -0.2) is 9.59 Å². The molecule has 0 bridgehead atoms. The van der Waals surface area contributed by atoms with Gasteiger partial charge in [0.2, 0.25) is 5.91 Å². The van der Waals surface area contributed by atoms with Crippen LogP contribution in [0.1, 0.15) is 26.7 Å². The zero-order valence-electron chi connectivity index (χ0n) is 12.2. The zero-order chi connectivity index (χ0) is 15.6. The topological polar surface area (TPSA) is 98.7 Å². The maximum Gasteiger partial charge on any atom is 0.327 e. The molecule has 0 aromatic rings. The molecule has 7 nitrogen and oxygen atoms in total. The Bertz CT molecular complexity index is 441. The van der Waals surface area contributed by atoms with Gasteiger partial charge in [0.25, 0.3) is 0 Å². The Morgan fingerprint density at radius 3 is 2.57 bits per heavy atom. The smallest absolute Gasteiger partial charge is 0.327 e. The molecule has 8 heteroatoms. The van der Waals surface area contributed by atoms with Gasteiger partial charge in [0.15, 0.2) is 0 Å². The minimum absolute atomic E-state index is 0.0902. The highest BCUT2D eigenvalue weighted by molar-refractivity contribution is 8.00. The van der Waals surface area contributed by atoms with Crippen molar-refractivity contribution < 1.29 is 19.5 Å². The number of carboxylic acids is 1. The molecule has 0 spiro atoms. The van der Waals surface area contributed by atoms with Crippen LogP contribution in [0.25, 0.3) is 0 Å². The number of thioether (sulfide) groups is 1. The minimum atomic E-state index is -0.994. The average molecular weight is 315 g/mol. The van der Waals surface area contributed by atoms with Crippen LogP contribution in [0, 0.1) is 5.92 Å². The molecule has 0 aromatic carbocycles. The van der Waals surface area contributed by atoms with Gasteiger partial charge in [-0.1, -0.05) is 0 Å². The SMILES string of the molecule is CCNC(=O)C(C)NC(=O)N1C(C(=O)O)CSC1C1CC1. The van der Waals surface area contributed by atoms with Crippen molar-refractivity contribution in [3.63, 3.8) is 0 Å². The highest BCUT2D eigenvalue weighted by Gasteiger charge is 2.48. The first-order chi connectivity index (χ1) is 9.95. The molecule has 21 heavy (non-hydrogen) atoms. The van der Waals surface area contributed by atoms with Crippen LogP contribution >= 0.6 is 11.8 Å². The lowest BCUT2D eigenvalue weighted by atomic mass is 10.2. The fourth-order valence-corrected chi connectivity index (χ4v) is 4.00. The summed E-state index contributed by atoms with van der Waals surface area (Å²) in [5.74, 6) is -0.483. The van der Waals surface area contributed by atoms with Gasteiger partial charge in [0, 0.05) is 12.3 Å². The van der Waals surface area contributed by atoms with Crippen molar-refractivity contribution >= 4 is 29.7 Å². The molecule has 0 aromatic heterocycles. The van der Waals surface area contributed by atoms with E-state index in [0.29, 0.717) is 18.2 Å². The van der Waals surface area contributed by atoms with Crippen molar-refractivity contribution in [2.75, 3.05) is 12.3 Å². The summed E-state index contributed by atoms with van der Waals surface area (Å²) >= 11 is 1.52. The number of nitrogens with zero attached hydrogens (tertiary/aromatic N) is 1. The third-order valence-corrected chi connectivity index (χ3v) is 5.13. The monoisotopic (exact) mass is 315 g/mol. The number of urea groups is 1. The second kappa shape index (κ2) is 6.55. The average Bonchev–Trinajstić information content (AvgIpc) is 3.16. The minimum Gasteiger partial charge on any atom is -0.480 e. The van der Waals surface area contributed by atoms with Gasteiger partial charge in [-0.05, 0) is 32.6 Å². The Kier molecular flexibility index (Phi) is 4.97. The molecule has 1 saturated heterocycles. The molecule has 1 aliphatic carbocycles. The van der Waals surface area contributed by atoms with Crippen LogP contribution in [0.3, 0.4) is 0 Å². The van der Waals surface area contributed by atoms with E-state index in [0.717, 1.165) is 12.8 Å². The van der Waals surface area contributed by atoms with Crippen LogP contribution in [0.15, 0.2) is 0 Å². The molecule has 3 N–H and O–H groups in total. The van der Waals surface area contributed by atoms with E-state index in [1.54, 1.807) is 13.8 Å². The van der Waals surface area contributed by atoms with Gasteiger partial charge in [-0.2, -0.15) is 0 Å². The van der Waals surface area contributed by atoms with Crippen molar-refractivity contribution in [3.8, 4) is 0 Å². The molecule has 2 aliphatic rings. The number of likely N-dealkylation sites (N-methyl/N-ethyl adjacent to an activating group) is 1. The molecule has 3 amide bonds. The molecule has 0 radical (unpaired) electrons. The summed E-state index contributed by atoms with van der Waals surface area (Å²) in [6.07, 6.45) is 2.05. The molecule has 2 rings (SSSR count). The predicted molar refractivity (Wildman–Crippen MR) is 78.9 cm³/mol. The van der Waals surface area contributed by atoms with Crippen molar-refractivity contribution in [1.29, 1.82) is 0 Å². The molecule has 3 atom stereocenters. The van der Waals surface area contributed by atoms with Crippen LogP contribution in [-0.4, -0.2) is 57.7 Å². The molecule has 1 aliphatic heterocycles. The van der Waals surface area contributed by atoms with Crippen LogP contribution in [0.4, 0.5) is 4.79 Å². The van der Waals surface area contributed by atoms with Crippen molar-refractivity contribution in [2.45, 2.75) is 44.1 Å². The second-order valence-corrected chi connectivity index (χ2v) is 6.54. The Balaban J connectivity index is 2.03. The molecule has 118 valence electrons. The number of carboxylic acid groups (broad SMARTS) is 1. The summed E-state index contributed by atoms with van der Waals surface area (Å²) in [5.41, 5.74) is 0. The highest BCUT2D eigenvalue weighted by Crippen LogP contribution is 2.45. The van der Waals surface area contributed by atoms with Crippen molar-refractivity contribution in [2.24, 2.45) is 5.92 Å². The Morgan fingerprint density at radius 1 is 1.38 bits per heavy atom. The van der Waals surface area contributed by atoms with E-state index in [1.807, 2.05) is 0 Å². The van der Waals surface area contributed by atoms with E-state index in [-0.39, 0.29) is 11.3 Å². The fraction of sp³-hybridized carbons (Fsp3) is 0.769. The van der Waals surface area contributed by atoms with Gasteiger partial charge in [0.1, 0.15) is 12.1 Å². The maximum atomic E-state index is 12.4.